The number of hydrogen-bond acceptors (Lipinski definition) is 3. The predicted octanol–water partition coefficient (Wildman–Crippen LogP) is 4.09. The summed E-state index contributed by atoms with van der Waals surface area (Å²) in [4.78, 5) is 27.5. The number of carbonyl (C=O) groups is 2. The molecule has 2 amide bonds. The summed E-state index contributed by atoms with van der Waals surface area (Å²) in [7, 11) is 1.44. The average molecular weight is 350 g/mol. The molecule has 0 fully saturated rings. The van der Waals surface area contributed by atoms with E-state index >= 15 is 0 Å². The van der Waals surface area contributed by atoms with Gasteiger partial charge in [-0.05, 0) is 39.8 Å². The standard InChI is InChI=1S/C19H18N4O3/c1-12(18(24)21-22-20)23(2)19(25)26-11-17-15-9-5-3-7-13(15)14-8-4-6-10-16(14)17/h3-10,12,17H,11H2,1-2H3/t12-/m0/s1. The van der Waals surface area contributed by atoms with E-state index in [2.05, 4.69) is 22.2 Å². The minimum Gasteiger partial charge on any atom is -0.448 e. The average Bonchev–Trinajstić information content (AvgIpc) is 2.99. The highest BCUT2D eigenvalue weighted by molar-refractivity contribution is 5.85. The van der Waals surface area contributed by atoms with Crippen molar-refractivity contribution in [1.82, 2.24) is 4.90 Å². The lowest BCUT2D eigenvalue weighted by Crippen LogP contribution is -2.40. The zero-order chi connectivity index (χ0) is 18.7. The third kappa shape index (κ3) is 3.12. The fourth-order valence-electron chi connectivity index (χ4n) is 3.15. The molecule has 0 heterocycles. The minimum absolute atomic E-state index is 0.0529. The van der Waals surface area contributed by atoms with Crippen LogP contribution in [0.1, 0.15) is 24.0 Å². The SMILES string of the molecule is C[C@@H](C(=O)N=[N+]=[N-])N(C)C(=O)OCC1c2ccccc2-c2ccccc21. The van der Waals surface area contributed by atoms with Gasteiger partial charge in [0, 0.05) is 17.9 Å². The number of hydrogen-bond donors (Lipinski definition) is 0. The van der Waals surface area contributed by atoms with Crippen LogP contribution in [0.15, 0.2) is 53.6 Å². The van der Waals surface area contributed by atoms with Gasteiger partial charge in [0.15, 0.2) is 0 Å². The lowest BCUT2D eigenvalue weighted by molar-refractivity contribution is -0.121. The summed E-state index contributed by atoms with van der Waals surface area (Å²) in [6, 6.07) is 15.2. The summed E-state index contributed by atoms with van der Waals surface area (Å²) in [6.07, 6.45) is -0.638. The lowest BCUT2D eigenvalue weighted by atomic mass is 9.98. The molecule has 0 aliphatic heterocycles. The molecule has 7 nitrogen and oxygen atoms in total. The summed E-state index contributed by atoms with van der Waals surface area (Å²) in [5, 5.41) is 3.02. The molecule has 0 bridgehead atoms. The van der Waals surface area contributed by atoms with E-state index in [4.69, 9.17) is 10.3 Å². The molecule has 26 heavy (non-hydrogen) atoms. The van der Waals surface area contributed by atoms with Crippen LogP contribution in [0, 0.1) is 0 Å². The molecule has 132 valence electrons. The molecule has 7 heteroatoms. The summed E-state index contributed by atoms with van der Waals surface area (Å²) < 4.78 is 5.45. The van der Waals surface area contributed by atoms with Crippen LogP contribution < -0.4 is 0 Å². The zero-order valence-corrected chi connectivity index (χ0v) is 14.5. The van der Waals surface area contributed by atoms with Crippen LogP contribution in [0.5, 0.6) is 0 Å². The van der Waals surface area contributed by atoms with Gasteiger partial charge in [-0.2, -0.15) is 0 Å². The van der Waals surface area contributed by atoms with E-state index in [9.17, 15) is 9.59 Å². The molecule has 0 aromatic heterocycles. The summed E-state index contributed by atoms with van der Waals surface area (Å²) in [5.74, 6) is -0.786. The van der Waals surface area contributed by atoms with Gasteiger partial charge in [-0.1, -0.05) is 48.5 Å². The number of nitrogens with zero attached hydrogens (tertiary/aromatic N) is 4. The number of fused-ring (bicyclic) bond motifs is 3. The first kappa shape index (κ1) is 17.5. The molecular weight excluding hydrogens is 332 g/mol. The summed E-state index contributed by atoms with van der Waals surface area (Å²) in [5.41, 5.74) is 12.9. The molecule has 2 aromatic rings. The highest BCUT2D eigenvalue weighted by Crippen LogP contribution is 2.44. The monoisotopic (exact) mass is 350 g/mol. The van der Waals surface area contributed by atoms with Crippen molar-refractivity contribution >= 4 is 12.0 Å². The fourth-order valence-corrected chi connectivity index (χ4v) is 3.15. The van der Waals surface area contributed by atoms with Crippen LogP contribution in [0.2, 0.25) is 0 Å². The third-order valence-electron chi connectivity index (χ3n) is 4.71. The number of amides is 2. The van der Waals surface area contributed by atoms with Gasteiger partial charge in [-0.25, -0.2) is 4.79 Å². The van der Waals surface area contributed by atoms with E-state index in [-0.39, 0.29) is 12.5 Å². The van der Waals surface area contributed by atoms with Gasteiger partial charge >= 0.3 is 6.09 Å². The summed E-state index contributed by atoms with van der Waals surface area (Å²) >= 11 is 0. The van der Waals surface area contributed by atoms with Crippen molar-refractivity contribution in [3.05, 3.63) is 70.1 Å². The van der Waals surface area contributed by atoms with E-state index in [0.29, 0.717) is 0 Å². The zero-order valence-electron chi connectivity index (χ0n) is 14.5. The van der Waals surface area contributed by atoms with Gasteiger partial charge in [0.05, 0.1) is 6.04 Å². The minimum atomic E-state index is -0.887. The van der Waals surface area contributed by atoms with E-state index in [0.717, 1.165) is 27.2 Å². The highest BCUT2D eigenvalue weighted by atomic mass is 16.6. The first-order valence-corrected chi connectivity index (χ1v) is 8.21. The molecule has 0 spiro atoms. The Bertz CT molecular complexity index is 860. The van der Waals surface area contributed by atoms with Crippen molar-refractivity contribution in [2.75, 3.05) is 13.7 Å². The predicted molar refractivity (Wildman–Crippen MR) is 96.4 cm³/mol. The van der Waals surface area contributed by atoms with Gasteiger partial charge in [-0.15, -0.1) is 0 Å². The quantitative estimate of drug-likeness (QED) is 0.472. The smallest absolute Gasteiger partial charge is 0.410 e. The molecule has 0 saturated carbocycles. The molecule has 1 aliphatic carbocycles. The Hall–Kier alpha value is -3.31. The Morgan fingerprint density at radius 2 is 1.69 bits per heavy atom. The molecule has 3 rings (SSSR count). The Balaban J connectivity index is 1.75. The Morgan fingerprint density at radius 3 is 2.23 bits per heavy atom. The molecule has 0 radical (unpaired) electrons. The van der Waals surface area contributed by atoms with E-state index in [1.54, 1.807) is 0 Å². The van der Waals surface area contributed by atoms with Gasteiger partial charge in [0.25, 0.3) is 0 Å². The number of azide groups is 1. The molecule has 0 saturated heterocycles. The maximum absolute atomic E-state index is 12.3. The van der Waals surface area contributed by atoms with Gasteiger partial charge in [-0.3, -0.25) is 4.79 Å². The van der Waals surface area contributed by atoms with Crippen LogP contribution in [-0.2, 0) is 9.53 Å². The number of benzene rings is 2. The van der Waals surface area contributed by atoms with Crippen molar-refractivity contribution in [2.24, 2.45) is 5.11 Å². The second kappa shape index (κ2) is 7.29. The first-order chi connectivity index (χ1) is 12.5. The molecule has 2 aromatic carbocycles. The Labute approximate surface area is 150 Å². The second-order valence-electron chi connectivity index (χ2n) is 6.12. The largest absolute Gasteiger partial charge is 0.448 e. The number of ether oxygens (including phenoxy) is 1. The van der Waals surface area contributed by atoms with Crippen molar-refractivity contribution in [1.29, 1.82) is 0 Å². The molecule has 0 unspecified atom stereocenters. The first-order valence-electron chi connectivity index (χ1n) is 8.21. The van der Waals surface area contributed by atoms with E-state index in [1.807, 2.05) is 36.4 Å². The third-order valence-corrected chi connectivity index (χ3v) is 4.71. The Kier molecular flexibility index (Phi) is 4.91. The van der Waals surface area contributed by atoms with Crippen LogP contribution >= 0.6 is 0 Å². The maximum Gasteiger partial charge on any atom is 0.410 e. The van der Waals surface area contributed by atoms with E-state index in [1.165, 1.54) is 14.0 Å². The molecule has 1 aliphatic rings. The lowest BCUT2D eigenvalue weighted by Gasteiger charge is -2.23. The number of likely N-dealkylation sites (N-methyl/N-ethyl adjacent to an activating group) is 1. The van der Waals surface area contributed by atoms with Gasteiger partial charge in [0.1, 0.15) is 6.61 Å². The van der Waals surface area contributed by atoms with Crippen LogP contribution in [0.4, 0.5) is 4.79 Å². The Morgan fingerprint density at radius 1 is 1.15 bits per heavy atom. The second-order valence-corrected chi connectivity index (χ2v) is 6.12. The number of carbonyl (C=O) groups excluding carboxylic acids is 2. The van der Waals surface area contributed by atoms with Crippen molar-refractivity contribution < 1.29 is 14.3 Å². The molecule has 0 N–H and O–H groups in total. The number of rotatable bonds is 4. The van der Waals surface area contributed by atoms with Crippen molar-refractivity contribution in [3.8, 4) is 11.1 Å². The maximum atomic E-state index is 12.3. The van der Waals surface area contributed by atoms with E-state index < -0.39 is 18.0 Å². The topological polar surface area (TPSA) is 95.4 Å². The highest BCUT2D eigenvalue weighted by Gasteiger charge is 2.30. The van der Waals surface area contributed by atoms with Crippen molar-refractivity contribution in [3.63, 3.8) is 0 Å². The fraction of sp³-hybridized carbons (Fsp3) is 0.263. The van der Waals surface area contributed by atoms with Gasteiger partial charge < -0.3 is 9.64 Å². The molecular formula is C19H18N4O3. The molecule has 1 atom stereocenters. The van der Waals surface area contributed by atoms with Crippen molar-refractivity contribution in [2.45, 2.75) is 18.9 Å². The van der Waals surface area contributed by atoms with Crippen LogP contribution in [0.25, 0.3) is 21.6 Å². The van der Waals surface area contributed by atoms with Gasteiger partial charge in [0.2, 0.25) is 5.91 Å². The van der Waals surface area contributed by atoms with Crippen LogP contribution in [-0.4, -0.2) is 36.6 Å². The van der Waals surface area contributed by atoms with Crippen LogP contribution in [0.3, 0.4) is 0 Å². The summed E-state index contributed by atoms with van der Waals surface area (Å²) in [6.45, 7) is 1.65. The normalized spacial score (nSPS) is 13.2.